The van der Waals surface area contributed by atoms with Gasteiger partial charge in [0, 0.05) is 17.8 Å². The topological polar surface area (TPSA) is 17.8 Å². The van der Waals surface area contributed by atoms with Crippen LogP contribution in [0.4, 0.5) is 0 Å². The Morgan fingerprint density at radius 1 is 1.20 bits per heavy atom. The number of aryl methyl sites for hydroxylation is 2. The van der Waals surface area contributed by atoms with E-state index in [-0.39, 0.29) is 0 Å². The van der Waals surface area contributed by atoms with Gasteiger partial charge >= 0.3 is 0 Å². The Labute approximate surface area is 107 Å². The molecule has 0 saturated carbocycles. The third-order valence-electron chi connectivity index (χ3n) is 2.15. The highest BCUT2D eigenvalue weighted by Crippen LogP contribution is 2.10. The number of nitrogens with zero attached hydrogens (tertiary/aromatic N) is 2. The van der Waals surface area contributed by atoms with E-state index in [9.17, 15) is 0 Å². The smallest absolute Gasteiger partial charge is 0.123 e. The first-order valence-electron chi connectivity index (χ1n) is 4.67. The molecular weight excluding hydrogens is 322 g/mol. The Balaban J connectivity index is 1.96. The van der Waals surface area contributed by atoms with Crippen molar-refractivity contribution < 1.29 is 0 Å². The minimum absolute atomic E-state index is 0.785. The van der Waals surface area contributed by atoms with Crippen LogP contribution >= 0.6 is 34.2 Å². The largest absolute Gasteiger partial charge is 0.271 e. The second kappa shape index (κ2) is 4.99. The number of aromatic nitrogens is 2. The maximum atomic E-state index is 5.81. The van der Waals surface area contributed by atoms with Crippen molar-refractivity contribution >= 4 is 34.2 Å². The van der Waals surface area contributed by atoms with E-state index in [0.29, 0.717) is 0 Å². The summed E-state index contributed by atoms with van der Waals surface area (Å²) in [5, 5.41) is 5.11. The van der Waals surface area contributed by atoms with Crippen LogP contribution in [0.1, 0.15) is 5.56 Å². The first-order chi connectivity index (χ1) is 7.24. The van der Waals surface area contributed by atoms with Crippen molar-refractivity contribution in [2.45, 2.75) is 13.0 Å². The molecule has 0 aliphatic carbocycles. The summed E-state index contributed by atoms with van der Waals surface area (Å²) >= 11 is 8.02. The quantitative estimate of drug-likeness (QED) is 0.788. The lowest BCUT2D eigenvalue weighted by molar-refractivity contribution is 0.611. The van der Waals surface area contributed by atoms with Gasteiger partial charge in [0.2, 0.25) is 0 Å². The summed E-state index contributed by atoms with van der Waals surface area (Å²) in [5.41, 5.74) is 1.28. The van der Waals surface area contributed by atoms with E-state index in [1.807, 2.05) is 29.1 Å². The van der Waals surface area contributed by atoms with Crippen molar-refractivity contribution in [3.05, 3.63) is 50.8 Å². The normalized spacial score (nSPS) is 10.5. The van der Waals surface area contributed by atoms with Crippen molar-refractivity contribution in [1.82, 2.24) is 9.78 Å². The Hall–Kier alpha value is -0.550. The number of hydrogen-bond donors (Lipinski definition) is 0. The zero-order valence-corrected chi connectivity index (χ0v) is 10.9. The average molecular weight is 333 g/mol. The SMILES string of the molecule is Clc1ccc(CCn2ccc(I)n2)cc1. The monoisotopic (exact) mass is 332 g/mol. The standard InChI is InChI=1S/C11H10ClIN2/c12-10-3-1-9(2-4-10)5-7-15-8-6-11(13)14-15/h1-4,6,8H,5,7H2. The Bertz CT molecular complexity index is 436. The number of hydrogen-bond acceptors (Lipinski definition) is 1. The first kappa shape index (κ1) is 11.0. The molecule has 0 N–H and O–H groups in total. The summed E-state index contributed by atoms with van der Waals surface area (Å²) < 4.78 is 2.99. The van der Waals surface area contributed by atoms with Crippen molar-refractivity contribution in [2.24, 2.45) is 0 Å². The fourth-order valence-electron chi connectivity index (χ4n) is 1.36. The van der Waals surface area contributed by atoms with Gasteiger partial charge in [-0.3, -0.25) is 4.68 Å². The fraction of sp³-hybridized carbons (Fsp3) is 0.182. The van der Waals surface area contributed by atoms with Crippen LogP contribution < -0.4 is 0 Å². The highest BCUT2D eigenvalue weighted by Gasteiger charge is 1.97. The summed E-state index contributed by atoms with van der Waals surface area (Å²) in [5.74, 6) is 0. The zero-order chi connectivity index (χ0) is 10.7. The lowest BCUT2D eigenvalue weighted by Crippen LogP contribution is -2.01. The molecule has 0 amide bonds. The van der Waals surface area contributed by atoms with Gasteiger partial charge in [-0.2, -0.15) is 5.10 Å². The molecule has 0 radical (unpaired) electrons. The molecule has 2 nitrogen and oxygen atoms in total. The summed E-state index contributed by atoms with van der Waals surface area (Å²) in [6.45, 7) is 0.907. The molecule has 0 spiro atoms. The lowest BCUT2D eigenvalue weighted by atomic mass is 10.1. The molecule has 0 atom stereocenters. The van der Waals surface area contributed by atoms with Gasteiger partial charge in [-0.15, -0.1) is 0 Å². The van der Waals surface area contributed by atoms with Crippen LogP contribution in [0.2, 0.25) is 5.02 Å². The van der Waals surface area contributed by atoms with Crippen LogP contribution in [0.5, 0.6) is 0 Å². The number of halogens is 2. The molecule has 0 saturated heterocycles. The molecule has 0 aliphatic heterocycles. The number of rotatable bonds is 3. The van der Waals surface area contributed by atoms with E-state index in [1.165, 1.54) is 5.56 Å². The Kier molecular flexibility index (Phi) is 3.64. The van der Waals surface area contributed by atoms with Crippen molar-refractivity contribution in [2.75, 3.05) is 0 Å². The average Bonchev–Trinajstić information content (AvgIpc) is 2.64. The third-order valence-corrected chi connectivity index (χ3v) is 2.98. The molecule has 0 bridgehead atoms. The minimum Gasteiger partial charge on any atom is -0.271 e. The third kappa shape index (κ3) is 3.21. The Morgan fingerprint density at radius 3 is 2.53 bits per heavy atom. The van der Waals surface area contributed by atoms with Gasteiger partial charge in [-0.05, 0) is 52.8 Å². The van der Waals surface area contributed by atoms with Gasteiger partial charge in [-0.1, -0.05) is 23.7 Å². The molecule has 4 heteroatoms. The van der Waals surface area contributed by atoms with Gasteiger partial charge in [0.25, 0.3) is 0 Å². The maximum absolute atomic E-state index is 5.81. The molecular formula is C11H10ClIN2. The molecule has 15 heavy (non-hydrogen) atoms. The molecule has 0 unspecified atom stereocenters. The molecule has 1 heterocycles. The molecule has 2 rings (SSSR count). The van der Waals surface area contributed by atoms with Crippen LogP contribution in [-0.4, -0.2) is 9.78 Å². The van der Waals surface area contributed by atoms with E-state index in [1.54, 1.807) is 0 Å². The van der Waals surface area contributed by atoms with Crippen molar-refractivity contribution in [3.63, 3.8) is 0 Å². The molecule has 2 aromatic rings. The minimum atomic E-state index is 0.785. The summed E-state index contributed by atoms with van der Waals surface area (Å²) in [4.78, 5) is 0. The van der Waals surface area contributed by atoms with Gasteiger partial charge in [0.05, 0.1) is 0 Å². The fourth-order valence-corrected chi connectivity index (χ4v) is 1.92. The van der Waals surface area contributed by atoms with Gasteiger partial charge in [0.1, 0.15) is 3.70 Å². The van der Waals surface area contributed by atoms with E-state index in [0.717, 1.165) is 21.7 Å². The lowest BCUT2D eigenvalue weighted by Gasteiger charge is -2.01. The molecule has 0 aliphatic rings. The van der Waals surface area contributed by atoms with Crippen LogP contribution in [-0.2, 0) is 13.0 Å². The van der Waals surface area contributed by atoms with Gasteiger partial charge in [0.15, 0.2) is 0 Å². The van der Waals surface area contributed by atoms with Gasteiger partial charge in [-0.25, -0.2) is 0 Å². The van der Waals surface area contributed by atoms with Crippen LogP contribution in [0.15, 0.2) is 36.5 Å². The first-order valence-corrected chi connectivity index (χ1v) is 6.13. The van der Waals surface area contributed by atoms with Gasteiger partial charge < -0.3 is 0 Å². The van der Waals surface area contributed by atoms with Crippen LogP contribution in [0.3, 0.4) is 0 Å². The second-order valence-corrected chi connectivity index (χ2v) is 4.82. The second-order valence-electron chi connectivity index (χ2n) is 3.28. The summed E-state index contributed by atoms with van der Waals surface area (Å²) in [6, 6.07) is 9.95. The van der Waals surface area contributed by atoms with E-state index < -0.39 is 0 Å². The molecule has 78 valence electrons. The predicted octanol–water partition coefficient (Wildman–Crippen LogP) is 3.38. The number of benzene rings is 1. The van der Waals surface area contributed by atoms with E-state index in [4.69, 9.17) is 11.6 Å². The molecule has 1 aromatic carbocycles. The highest BCUT2D eigenvalue weighted by molar-refractivity contribution is 14.1. The molecule has 1 aromatic heterocycles. The van der Waals surface area contributed by atoms with Crippen LogP contribution in [0.25, 0.3) is 0 Å². The van der Waals surface area contributed by atoms with Crippen molar-refractivity contribution in [1.29, 1.82) is 0 Å². The van der Waals surface area contributed by atoms with E-state index in [2.05, 4.69) is 39.8 Å². The van der Waals surface area contributed by atoms with Crippen LogP contribution in [0, 0.1) is 3.70 Å². The van der Waals surface area contributed by atoms with Crippen molar-refractivity contribution in [3.8, 4) is 0 Å². The highest BCUT2D eigenvalue weighted by atomic mass is 127. The molecule has 0 fully saturated rings. The Morgan fingerprint density at radius 2 is 1.93 bits per heavy atom. The zero-order valence-electron chi connectivity index (χ0n) is 8.03. The summed E-state index contributed by atoms with van der Waals surface area (Å²) in [6.07, 6.45) is 2.98. The maximum Gasteiger partial charge on any atom is 0.123 e. The van der Waals surface area contributed by atoms with E-state index >= 15 is 0 Å². The predicted molar refractivity (Wildman–Crippen MR) is 70.1 cm³/mol. The summed E-state index contributed by atoms with van der Waals surface area (Å²) in [7, 11) is 0.